The van der Waals surface area contributed by atoms with Crippen molar-refractivity contribution in [3.8, 4) is 5.75 Å². The normalized spacial score (nSPS) is 25.0. The number of halogens is 2. The van der Waals surface area contributed by atoms with Gasteiger partial charge in [0.1, 0.15) is 17.6 Å². The lowest BCUT2D eigenvalue weighted by Crippen LogP contribution is -2.49. The molecule has 8 nitrogen and oxygen atoms in total. The Morgan fingerprint density at radius 3 is 2.85 bits per heavy atom. The van der Waals surface area contributed by atoms with Crippen molar-refractivity contribution < 1.29 is 23.6 Å². The summed E-state index contributed by atoms with van der Waals surface area (Å²) in [6, 6.07) is 7.65. The standard InChI is InChI=1S/C23H21BrFN3O5/c24-14-1-3-18(28(31)32)12(7-14)10-22(29)27-19-8-13(19)9-20(27)23(30)26-17-5-6-33-21-4-2-15(25)11-16(17)21/h1-4,7,11,13,17,19-20H,5-6,8-10H2,(H,26,30)/t13-,17?,19-,20-/m0/s1. The highest BCUT2D eigenvalue weighted by Crippen LogP contribution is 2.48. The van der Waals surface area contributed by atoms with Gasteiger partial charge in [0.05, 0.1) is 24.0 Å². The van der Waals surface area contributed by atoms with E-state index < -0.39 is 22.8 Å². The zero-order chi connectivity index (χ0) is 23.3. The largest absolute Gasteiger partial charge is 0.493 e. The van der Waals surface area contributed by atoms with Crippen molar-refractivity contribution in [2.45, 2.75) is 43.8 Å². The number of ether oxygens (including phenoxy) is 1. The Labute approximate surface area is 197 Å². The Morgan fingerprint density at radius 1 is 1.24 bits per heavy atom. The van der Waals surface area contributed by atoms with Crippen molar-refractivity contribution in [1.29, 1.82) is 0 Å². The minimum atomic E-state index is -0.646. The van der Waals surface area contributed by atoms with Gasteiger partial charge in [0.2, 0.25) is 11.8 Å². The SMILES string of the molecule is O=C(NC1CCOc2ccc(F)cc21)[C@@H]1C[C@@H]2C[C@@H]2N1C(=O)Cc1cc(Br)ccc1[N+](=O)[O-]. The second-order valence-corrected chi connectivity index (χ2v) is 9.62. The summed E-state index contributed by atoms with van der Waals surface area (Å²) in [4.78, 5) is 38.9. The van der Waals surface area contributed by atoms with E-state index in [9.17, 15) is 24.1 Å². The van der Waals surface area contributed by atoms with Crippen LogP contribution in [0.25, 0.3) is 0 Å². The second-order valence-electron chi connectivity index (χ2n) is 8.70. The molecule has 0 bridgehead atoms. The summed E-state index contributed by atoms with van der Waals surface area (Å²) >= 11 is 3.30. The van der Waals surface area contributed by atoms with Crippen molar-refractivity contribution in [3.63, 3.8) is 0 Å². The monoisotopic (exact) mass is 517 g/mol. The first-order chi connectivity index (χ1) is 15.8. The molecule has 2 aromatic carbocycles. The summed E-state index contributed by atoms with van der Waals surface area (Å²) in [6.07, 6.45) is 1.73. The predicted octanol–water partition coefficient (Wildman–Crippen LogP) is 3.67. The Balaban J connectivity index is 1.34. The Hall–Kier alpha value is -3.01. The number of benzene rings is 2. The topological polar surface area (TPSA) is 102 Å². The molecule has 2 heterocycles. The number of nitrogens with one attached hydrogen (secondary N) is 1. The summed E-state index contributed by atoms with van der Waals surface area (Å²) in [5.74, 6) is -0.201. The minimum absolute atomic E-state index is 0.0149. The highest BCUT2D eigenvalue weighted by molar-refractivity contribution is 9.10. The lowest BCUT2D eigenvalue weighted by atomic mass is 9.99. The Bertz CT molecular complexity index is 1160. The number of nitro groups is 1. The second kappa shape index (κ2) is 8.40. The molecule has 5 rings (SSSR count). The molecule has 2 aromatic rings. The molecule has 0 aromatic heterocycles. The van der Waals surface area contributed by atoms with Crippen LogP contribution in [0.15, 0.2) is 40.9 Å². The van der Waals surface area contributed by atoms with E-state index in [1.54, 1.807) is 23.1 Å². The molecule has 172 valence electrons. The van der Waals surface area contributed by atoms with E-state index >= 15 is 0 Å². The zero-order valence-corrected chi connectivity index (χ0v) is 19.1. The van der Waals surface area contributed by atoms with Gasteiger partial charge in [-0.05, 0) is 49.1 Å². The van der Waals surface area contributed by atoms with Gasteiger partial charge in [-0.1, -0.05) is 15.9 Å². The van der Waals surface area contributed by atoms with Crippen LogP contribution in [-0.2, 0) is 16.0 Å². The fraction of sp³-hybridized carbons (Fsp3) is 0.391. The fourth-order valence-electron chi connectivity index (χ4n) is 4.96. The fourth-order valence-corrected chi connectivity index (χ4v) is 5.37. The van der Waals surface area contributed by atoms with Crippen LogP contribution in [0.2, 0.25) is 0 Å². The summed E-state index contributed by atoms with van der Waals surface area (Å²) in [6.45, 7) is 0.398. The molecule has 1 saturated heterocycles. The van der Waals surface area contributed by atoms with E-state index in [4.69, 9.17) is 4.74 Å². The molecule has 10 heteroatoms. The lowest BCUT2D eigenvalue weighted by Gasteiger charge is -2.31. The van der Waals surface area contributed by atoms with Gasteiger partial charge in [0.15, 0.2) is 0 Å². The number of carbonyl (C=O) groups is 2. The predicted molar refractivity (Wildman–Crippen MR) is 119 cm³/mol. The number of fused-ring (bicyclic) bond motifs is 2. The number of hydrogen-bond donors (Lipinski definition) is 1. The third-order valence-corrected chi connectivity index (χ3v) is 7.10. The first-order valence-corrected chi connectivity index (χ1v) is 11.6. The van der Waals surface area contributed by atoms with Crippen LogP contribution in [0.5, 0.6) is 5.75 Å². The summed E-state index contributed by atoms with van der Waals surface area (Å²) in [5, 5.41) is 14.4. The highest BCUT2D eigenvalue weighted by atomic mass is 79.9. The Morgan fingerprint density at radius 2 is 2.06 bits per heavy atom. The number of nitro benzene ring substituents is 1. The summed E-state index contributed by atoms with van der Waals surface area (Å²) < 4.78 is 20.0. The van der Waals surface area contributed by atoms with E-state index in [2.05, 4.69) is 21.2 Å². The van der Waals surface area contributed by atoms with E-state index in [0.717, 1.165) is 6.42 Å². The number of amides is 2. The van der Waals surface area contributed by atoms with Crippen LogP contribution in [-0.4, -0.2) is 40.3 Å². The van der Waals surface area contributed by atoms with Crippen molar-refractivity contribution in [1.82, 2.24) is 10.2 Å². The molecular weight excluding hydrogens is 497 g/mol. The third kappa shape index (κ3) is 4.19. The molecule has 0 spiro atoms. The molecule has 2 amide bonds. The maximum atomic E-state index is 13.8. The van der Waals surface area contributed by atoms with Crippen LogP contribution >= 0.6 is 15.9 Å². The first-order valence-electron chi connectivity index (χ1n) is 10.8. The first kappa shape index (κ1) is 21.8. The number of piperidine rings is 1. The van der Waals surface area contributed by atoms with Gasteiger partial charge < -0.3 is 15.0 Å². The molecule has 1 saturated carbocycles. The van der Waals surface area contributed by atoms with E-state index in [-0.39, 0.29) is 35.9 Å². The highest BCUT2D eigenvalue weighted by Gasteiger charge is 2.56. The number of likely N-dealkylation sites (tertiary alicyclic amines) is 1. The average Bonchev–Trinajstić information content (AvgIpc) is 3.43. The maximum absolute atomic E-state index is 13.8. The number of hydrogen-bond acceptors (Lipinski definition) is 5. The van der Waals surface area contributed by atoms with Crippen molar-refractivity contribution in [2.24, 2.45) is 5.92 Å². The van der Waals surface area contributed by atoms with Gasteiger partial charge in [-0.2, -0.15) is 0 Å². The number of carbonyl (C=O) groups excluding carboxylic acids is 2. The van der Waals surface area contributed by atoms with E-state index in [0.29, 0.717) is 40.8 Å². The van der Waals surface area contributed by atoms with E-state index in [1.165, 1.54) is 18.2 Å². The van der Waals surface area contributed by atoms with Crippen LogP contribution in [0, 0.1) is 21.8 Å². The smallest absolute Gasteiger partial charge is 0.273 e. The minimum Gasteiger partial charge on any atom is -0.493 e. The summed E-state index contributed by atoms with van der Waals surface area (Å²) in [5.41, 5.74) is 0.761. The molecule has 1 aliphatic carbocycles. The van der Waals surface area contributed by atoms with Crippen molar-refractivity contribution in [3.05, 3.63) is 67.9 Å². The van der Waals surface area contributed by atoms with Crippen LogP contribution < -0.4 is 10.1 Å². The molecule has 0 radical (unpaired) electrons. The molecule has 2 aliphatic heterocycles. The quantitative estimate of drug-likeness (QED) is 0.481. The van der Waals surface area contributed by atoms with Gasteiger partial charge in [-0.3, -0.25) is 19.7 Å². The molecular formula is C23H21BrFN3O5. The number of rotatable bonds is 5. The lowest BCUT2D eigenvalue weighted by molar-refractivity contribution is -0.385. The number of nitrogens with zero attached hydrogens (tertiary/aromatic N) is 2. The Kier molecular flexibility index (Phi) is 5.55. The van der Waals surface area contributed by atoms with Gasteiger partial charge in [-0.15, -0.1) is 0 Å². The molecule has 1 N–H and O–H groups in total. The van der Waals surface area contributed by atoms with Gasteiger partial charge in [0.25, 0.3) is 5.69 Å². The van der Waals surface area contributed by atoms with Gasteiger partial charge >= 0.3 is 0 Å². The zero-order valence-electron chi connectivity index (χ0n) is 17.5. The van der Waals surface area contributed by atoms with Crippen LogP contribution in [0.1, 0.15) is 36.4 Å². The molecule has 4 atom stereocenters. The maximum Gasteiger partial charge on any atom is 0.273 e. The molecule has 33 heavy (non-hydrogen) atoms. The summed E-state index contributed by atoms with van der Waals surface area (Å²) in [7, 11) is 0. The molecule has 1 unspecified atom stereocenters. The van der Waals surface area contributed by atoms with E-state index in [1.807, 2.05) is 0 Å². The third-order valence-electron chi connectivity index (χ3n) is 6.60. The van der Waals surface area contributed by atoms with Crippen molar-refractivity contribution >= 4 is 33.4 Å². The van der Waals surface area contributed by atoms with Crippen LogP contribution in [0.4, 0.5) is 10.1 Å². The average molecular weight is 518 g/mol. The van der Waals surface area contributed by atoms with Crippen molar-refractivity contribution in [2.75, 3.05) is 6.61 Å². The van der Waals surface area contributed by atoms with Gasteiger partial charge in [0, 0.05) is 34.1 Å². The molecule has 2 fully saturated rings. The van der Waals surface area contributed by atoms with Crippen LogP contribution in [0.3, 0.4) is 0 Å². The molecule has 3 aliphatic rings. The van der Waals surface area contributed by atoms with Gasteiger partial charge in [-0.25, -0.2) is 4.39 Å².